The molecule has 0 bridgehead atoms. The summed E-state index contributed by atoms with van der Waals surface area (Å²) in [4.78, 5) is 11.7. The van der Waals surface area contributed by atoms with Crippen LogP contribution in [0.5, 0.6) is 0 Å². The highest BCUT2D eigenvalue weighted by Gasteiger charge is 2.28. The average molecular weight is 195 g/mol. The molecule has 0 aliphatic carbocycles. The van der Waals surface area contributed by atoms with E-state index < -0.39 is 0 Å². The summed E-state index contributed by atoms with van der Waals surface area (Å²) in [6.45, 7) is 2.82. The van der Waals surface area contributed by atoms with Crippen molar-refractivity contribution >= 4 is 11.9 Å². The van der Waals surface area contributed by atoms with Gasteiger partial charge in [-0.05, 0) is 12.3 Å². The lowest BCUT2D eigenvalue weighted by atomic mass is 10.0. The van der Waals surface area contributed by atoms with E-state index >= 15 is 0 Å². The zero-order chi connectivity index (χ0) is 10.1. The lowest BCUT2D eigenvalue weighted by Gasteiger charge is -2.12. The van der Waals surface area contributed by atoms with Crippen molar-refractivity contribution in [2.75, 3.05) is 18.1 Å². The molecule has 0 saturated carbocycles. The van der Waals surface area contributed by atoms with Crippen LogP contribution in [0.15, 0.2) is 0 Å². The largest absolute Gasteiger partial charge is 0.370 e. The van der Waals surface area contributed by atoms with Gasteiger partial charge in [0, 0.05) is 6.61 Å². The first-order valence-corrected chi connectivity index (χ1v) is 4.55. The number of aromatic nitrogens is 3. The summed E-state index contributed by atoms with van der Waals surface area (Å²) in [6, 6.07) is 0. The maximum absolute atomic E-state index is 5.50. The molecular formula is C8H13N5O. The molecule has 6 nitrogen and oxygen atoms in total. The molecular weight excluding hydrogens is 182 g/mol. The topological polar surface area (TPSA) is 99.9 Å². The minimum Gasteiger partial charge on any atom is -0.370 e. The van der Waals surface area contributed by atoms with E-state index in [0.717, 1.165) is 13.0 Å². The number of nitrogen functional groups attached to an aromatic ring is 2. The van der Waals surface area contributed by atoms with Gasteiger partial charge in [0.15, 0.2) is 5.82 Å². The molecule has 0 radical (unpaired) electrons. The Kier molecular flexibility index (Phi) is 2.20. The molecule has 2 rings (SSSR count). The summed E-state index contributed by atoms with van der Waals surface area (Å²) in [5.74, 6) is 1.24. The molecule has 6 heteroatoms. The minimum absolute atomic E-state index is 0.0948. The molecule has 1 aromatic rings. The Labute approximate surface area is 81.7 Å². The van der Waals surface area contributed by atoms with Gasteiger partial charge in [0.1, 0.15) is 6.10 Å². The number of hydrogen-bond acceptors (Lipinski definition) is 6. The summed E-state index contributed by atoms with van der Waals surface area (Å²) in [6.07, 6.45) is 0.915. The fourth-order valence-electron chi connectivity index (χ4n) is 1.58. The number of ether oxygens (including phenoxy) is 1. The van der Waals surface area contributed by atoms with Crippen LogP contribution >= 0.6 is 0 Å². The molecule has 1 saturated heterocycles. The van der Waals surface area contributed by atoms with Crippen LogP contribution in [0.4, 0.5) is 11.9 Å². The quantitative estimate of drug-likeness (QED) is 0.660. The molecule has 1 fully saturated rings. The fraction of sp³-hybridized carbons (Fsp3) is 0.625. The van der Waals surface area contributed by atoms with E-state index in [2.05, 4.69) is 21.9 Å². The Bertz CT molecular complexity index is 322. The molecule has 14 heavy (non-hydrogen) atoms. The van der Waals surface area contributed by atoms with Crippen molar-refractivity contribution in [2.45, 2.75) is 19.4 Å². The van der Waals surface area contributed by atoms with Crippen LogP contribution in [0.1, 0.15) is 25.3 Å². The third-order valence-corrected chi connectivity index (χ3v) is 2.33. The predicted molar refractivity (Wildman–Crippen MR) is 51.1 cm³/mol. The molecule has 4 N–H and O–H groups in total. The lowest BCUT2D eigenvalue weighted by molar-refractivity contribution is 0.0874. The van der Waals surface area contributed by atoms with Gasteiger partial charge >= 0.3 is 0 Å². The number of anilines is 2. The van der Waals surface area contributed by atoms with Gasteiger partial charge in [-0.25, -0.2) is 0 Å². The van der Waals surface area contributed by atoms with Crippen molar-refractivity contribution in [3.8, 4) is 0 Å². The monoisotopic (exact) mass is 195 g/mol. The Morgan fingerprint density at radius 3 is 2.36 bits per heavy atom. The zero-order valence-electron chi connectivity index (χ0n) is 7.97. The lowest BCUT2D eigenvalue weighted by Crippen LogP contribution is -2.13. The second-order valence-corrected chi connectivity index (χ2v) is 3.47. The molecule has 1 aliphatic rings. The molecule has 0 amide bonds. The summed E-state index contributed by atoms with van der Waals surface area (Å²) >= 11 is 0. The van der Waals surface area contributed by atoms with Gasteiger partial charge in [0.2, 0.25) is 11.9 Å². The van der Waals surface area contributed by atoms with E-state index in [1.54, 1.807) is 0 Å². The number of nitrogens with zero attached hydrogens (tertiary/aromatic N) is 3. The van der Waals surface area contributed by atoms with Gasteiger partial charge in [0.25, 0.3) is 0 Å². The smallest absolute Gasteiger partial charge is 0.225 e. The van der Waals surface area contributed by atoms with Gasteiger partial charge in [-0.15, -0.1) is 0 Å². The first-order valence-electron chi connectivity index (χ1n) is 4.55. The normalized spacial score (nSPS) is 26.6. The van der Waals surface area contributed by atoms with Crippen LogP contribution in [-0.4, -0.2) is 21.6 Å². The maximum atomic E-state index is 5.50. The third-order valence-electron chi connectivity index (χ3n) is 2.33. The standard InChI is InChI=1S/C8H13N5O/c1-4-2-3-14-5(4)6-11-7(9)13-8(10)12-6/h4-5H,2-3H2,1H3,(H4,9,10,11,12,13). The summed E-state index contributed by atoms with van der Waals surface area (Å²) < 4.78 is 5.50. The molecule has 2 unspecified atom stereocenters. The molecule has 0 aromatic carbocycles. The Balaban J connectivity index is 2.31. The Morgan fingerprint density at radius 2 is 1.86 bits per heavy atom. The maximum Gasteiger partial charge on any atom is 0.225 e. The van der Waals surface area contributed by atoms with Crippen LogP contribution in [0.2, 0.25) is 0 Å². The molecule has 1 aliphatic heterocycles. The van der Waals surface area contributed by atoms with Crippen molar-refractivity contribution in [3.63, 3.8) is 0 Å². The van der Waals surface area contributed by atoms with E-state index in [4.69, 9.17) is 16.2 Å². The van der Waals surface area contributed by atoms with Crippen LogP contribution in [0.3, 0.4) is 0 Å². The second kappa shape index (κ2) is 3.38. The highest BCUT2D eigenvalue weighted by atomic mass is 16.5. The molecule has 0 spiro atoms. The second-order valence-electron chi connectivity index (χ2n) is 3.47. The highest BCUT2D eigenvalue weighted by Crippen LogP contribution is 2.32. The van der Waals surface area contributed by atoms with Crippen molar-refractivity contribution in [2.24, 2.45) is 5.92 Å². The van der Waals surface area contributed by atoms with E-state index in [-0.39, 0.29) is 18.0 Å². The van der Waals surface area contributed by atoms with Gasteiger partial charge in [0.05, 0.1) is 0 Å². The molecule has 1 aromatic heterocycles. The first-order chi connectivity index (χ1) is 6.66. The van der Waals surface area contributed by atoms with Gasteiger partial charge < -0.3 is 16.2 Å². The summed E-state index contributed by atoms with van der Waals surface area (Å²) in [5, 5.41) is 0. The Morgan fingerprint density at radius 1 is 1.21 bits per heavy atom. The van der Waals surface area contributed by atoms with E-state index in [9.17, 15) is 0 Å². The van der Waals surface area contributed by atoms with Gasteiger partial charge in [-0.2, -0.15) is 15.0 Å². The van der Waals surface area contributed by atoms with Crippen LogP contribution < -0.4 is 11.5 Å². The zero-order valence-corrected chi connectivity index (χ0v) is 7.97. The van der Waals surface area contributed by atoms with Gasteiger partial charge in [-0.3, -0.25) is 0 Å². The van der Waals surface area contributed by atoms with Crippen LogP contribution in [0.25, 0.3) is 0 Å². The minimum atomic E-state index is -0.0948. The molecule has 76 valence electrons. The molecule has 2 heterocycles. The van der Waals surface area contributed by atoms with Gasteiger partial charge in [-0.1, -0.05) is 6.92 Å². The average Bonchev–Trinajstić information content (AvgIpc) is 2.49. The highest BCUT2D eigenvalue weighted by molar-refractivity contribution is 5.26. The van der Waals surface area contributed by atoms with Crippen LogP contribution in [0, 0.1) is 5.92 Å². The number of nitrogens with two attached hydrogens (primary N) is 2. The summed E-state index contributed by atoms with van der Waals surface area (Å²) in [5.41, 5.74) is 10.9. The van der Waals surface area contributed by atoms with E-state index in [0.29, 0.717) is 11.7 Å². The summed E-state index contributed by atoms with van der Waals surface area (Å²) in [7, 11) is 0. The number of hydrogen-bond donors (Lipinski definition) is 2. The third kappa shape index (κ3) is 1.60. The van der Waals surface area contributed by atoms with Crippen molar-refractivity contribution in [3.05, 3.63) is 5.82 Å². The van der Waals surface area contributed by atoms with Crippen LogP contribution in [-0.2, 0) is 4.74 Å². The van der Waals surface area contributed by atoms with E-state index in [1.165, 1.54) is 0 Å². The van der Waals surface area contributed by atoms with Crippen molar-refractivity contribution < 1.29 is 4.74 Å². The van der Waals surface area contributed by atoms with E-state index in [1.807, 2.05) is 0 Å². The van der Waals surface area contributed by atoms with Crippen molar-refractivity contribution in [1.82, 2.24) is 15.0 Å². The Hall–Kier alpha value is -1.43. The predicted octanol–water partition coefficient (Wildman–Crippen LogP) is 0.133. The molecule has 2 atom stereocenters. The SMILES string of the molecule is CC1CCOC1c1nc(N)nc(N)n1. The number of rotatable bonds is 1. The fourth-order valence-corrected chi connectivity index (χ4v) is 1.58. The first kappa shape index (κ1) is 9.14. The van der Waals surface area contributed by atoms with Crippen molar-refractivity contribution in [1.29, 1.82) is 0 Å².